The summed E-state index contributed by atoms with van der Waals surface area (Å²) in [5.74, 6) is 0.739. The van der Waals surface area contributed by atoms with Crippen molar-refractivity contribution in [3.05, 3.63) is 18.1 Å². The number of aromatic nitrogens is 2. The van der Waals surface area contributed by atoms with Crippen LogP contribution in [0.25, 0.3) is 0 Å². The van der Waals surface area contributed by atoms with Gasteiger partial charge in [0.25, 0.3) is 5.91 Å². The van der Waals surface area contributed by atoms with E-state index in [0.29, 0.717) is 11.7 Å². The monoisotopic (exact) mass is 222 g/mol. The Kier molecular flexibility index (Phi) is 4.69. The lowest BCUT2D eigenvalue weighted by Crippen LogP contribution is -2.15. The van der Waals surface area contributed by atoms with Gasteiger partial charge in [0.15, 0.2) is 0 Å². The van der Waals surface area contributed by atoms with Gasteiger partial charge in [0, 0.05) is 6.54 Å². The summed E-state index contributed by atoms with van der Waals surface area (Å²) in [6.45, 7) is 5.20. The van der Waals surface area contributed by atoms with Crippen LogP contribution < -0.4 is 11.1 Å². The summed E-state index contributed by atoms with van der Waals surface area (Å²) in [4.78, 5) is 18.8. The van der Waals surface area contributed by atoms with E-state index in [4.69, 9.17) is 5.73 Å². The lowest BCUT2D eigenvalue weighted by molar-refractivity contribution is 0.0995. The number of carbonyl (C=O) groups is 1. The van der Waals surface area contributed by atoms with Crippen LogP contribution in [0.4, 0.5) is 5.82 Å². The largest absolute Gasteiger partial charge is 0.369 e. The van der Waals surface area contributed by atoms with Crippen LogP contribution in [-0.4, -0.2) is 22.4 Å². The normalized spacial score (nSPS) is 10.4. The van der Waals surface area contributed by atoms with E-state index in [9.17, 15) is 4.79 Å². The van der Waals surface area contributed by atoms with E-state index >= 15 is 0 Å². The summed E-state index contributed by atoms with van der Waals surface area (Å²) in [5, 5.41) is 3.11. The van der Waals surface area contributed by atoms with E-state index in [0.717, 1.165) is 19.4 Å². The number of nitrogens with zero attached hydrogens (tertiary/aromatic N) is 2. The molecule has 0 radical (unpaired) electrons. The Morgan fingerprint density at radius 1 is 1.50 bits per heavy atom. The van der Waals surface area contributed by atoms with E-state index in [1.807, 2.05) is 0 Å². The van der Waals surface area contributed by atoms with Crippen LogP contribution in [0.5, 0.6) is 0 Å². The van der Waals surface area contributed by atoms with Crippen LogP contribution in [0.3, 0.4) is 0 Å². The molecule has 0 atom stereocenters. The lowest BCUT2D eigenvalue weighted by Gasteiger charge is -2.07. The Morgan fingerprint density at radius 3 is 2.88 bits per heavy atom. The molecule has 0 fully saturated rings. The van der Waals surface area contributed by atoms with Crippen molar-refractivity contribution < 1.29 is 4.79 Å². The zero-order valence-electron chi connectivity index (χ0n) is 9.73. The highest BCUT2D eigenvalue weighted by Gasteiger charge is 2.03. The lowest BCUT2D eigenvalue weighted by atomic mass is 10.1. The summed E-state index contributed by atoms with van der Waals surface area (Å²) in [7, 11) is 0. The van der Waals surface area contributed by atoms with E-state index in [-0.39, 0.29) is 5.69 Å². The van der Waals surface area contributed by atoms with Crippen LogP contribution >= 0.6 is 0 Å². The first-order valence-corrected chi connectivity index (χ1v) is 5.45. The van der Waals surface area contributed by atoms with E-state index < -0.39 is 5.91 Å². The Bertz CT molecular complexity index is 352. The molecule has 1 aromatic heterocycles. The molecule has 0 aliphatic heterocycles. The van der Waals surface area contributed by atoms with Crippen LogP contribution in [0, 0.1) is 5.92 Å². The predicted octanol–water partition coefficient (Wildman–Crippen LogP) is 1.42. The van der Waals surface area contributed by atoms with Crippen molar-refractivity contribution in [2.75, 3.05) is 11.9 Å². The summed E-state index contributed by atoms with van der Waals surface area (Å²) in [6.07, 6.45) is 5.18. The summed E-state index contributed by atoms with van der Waals surface area (Å²) in [6, 6.07) is 0. The molecule has 1 rings (SSSR count). The second-order valence-corrected chi connectivity index (χ2v) is 4.12. The highest BCUT2D eigenvalue weighted by atomic mass is 16.1. The molecule has 0 aliphatic rings. The van der Waals surface area contributed by atoms with Crippen LogP contribution in [0.2, 0.25) is 0 Å². The molecule has 1 amide bonds. The molecule has 1 aromatic rings. The average Bonchev–Trinajstić information content (AvgIpc) is 2.24. The van der Waals surface area contributed by atoms with Crippen LogP contribution in [0.1, 0.15) is 37.2 Å². The van der Waals surface area contributed by atoms with Crippen LogP contribution in [-0.2, 0) is 0 Å². The quantitative estimate of drug-likeness (QED) is 0.713. The minimum absolute atomic E-state index is 0.189. The maximum absolute atomic E-state index is 10.9. The summed E-state index contributed by atoms with van der Waals surface area (Å²) in [5.41, 5.74) is 5.30. The van der Waals surface area contributed by atoms with E-state index in [1.54, 1.807) is 6.20 Å². The number of anilines is 1. The molecule has 0 spiro atoms. The van der Waals surface area contributed by atoms with E-state index in [2.05, 4.69) is 29.1 Å². The first-order valence-electron chi connectivity index (χ1n) is 5.45. The predicted molar refractivity (Wildman–Crippen MR) is 63.1 cm³/mol. The van der Waals surface area contributed by atoms with Crippen molar-refractivity contribution in [3.8, 4) is 0 Å². The van der Waals surface area contributed by atoms with Gasteiger partial charge in [-0.1, -0.05) is 13.8 Å². The molecule has 0 unspecified atom stereocenters. The number of rotatable bonds is 6. The Balaban J connectivity index is 2.42. The molecular weight excluding hydrogens is 204 g/mol. The van der Waals surface area contributed by atoms with Crippen molar-refractivity contribution >= 4 is 11.7 Å². The van der Waals surface area contributed by atoms with Crippen molar-refractivity contribution in [3.63, 3.8) is 0 Å². The van der Waals surface area contributed by atoms with Crippen molar-refractivity contribution in [1.82, 2.24) is 9.97 Å². The van der Waals surface area contributed by atoms with Gasteiger partial charge >= 0.3 is 0 Å². The second kappa shape index (κ2) is 6.05. The fourth-order valence-electron chi connectivity index (χ4n) is 1.30. The number of carbonyl (C=O) groups excluding carboxylic acids is 1. The molecular formula is C11H18N4O. The summed E-state index contributed by atoms with van der Waals surface area (Å²) < 4.78 is 0. The molecule has 0 aromatic carbocycles. The maximum Gasteiger partial charge on any atom is 0.268 e. The molecule has 5 nitrogen and oxygen atoms in total. The molecule has 0 bridgehead atoms. The molecule has 0 saturated heterocycles. The Morgan fingerprint density at radius 2 is 2.25 bits per heavy atom. The van der Waals surface area contributed by atoms with Gasteiger partial charge in [-0.05, 0) is 18.8 Å². The van der Waals surface area contributed by atoms with Gasteiger partial charge in [-0.2, -0.15) is 0 Å². The Labute approximate surface area is 95.5 Å². The zero-order valence-corrected chi connectivity index (χ0v) is 9.73. The highest BCUT2D eigenvalue weighted by molar-refractivity contribution is 5.90. The van der Waals surface area contributed by atoms with Gasteiger partial charge in [-0.15, -0.1) is 0 Å². The third-order valence-corrected chi connectivity index (χ3v) is 2.15. The fourth-order valence-corrected chi connectivity index (χ4v) is 1.30. The van der Waals surface area contributed by atoms with Gasteiger partial charge in [0.05, 0.1) is 12.4 Å². The molecule has 16 heavy (non-hydrogen) atoms. The first-order chi connectivity index (χ1) is 7.59. The number of primary amides is 1. The summed E-state index contributed by atoms with van der Waals surface area (Å²) >= 11 is 0. The van der Waals surface area contributed by atoms with Gasteiger partial charge in [-0.3, -0.25) is 9.78 Å². The number of nitrogens with one attached hydrogen (secondary N) is 1. The SMILES string of the molecule is CC(C)CCCNc1cncc(C(N)=O)n1. The highest BCUT2D eigenvalue weighted by Crippen LogP contribution is 2.05. The van der Waals surface area contributed by atoms with Crippen molar-refractivity contribution in [1.29, 1.82) is 0 Å². The topological polar surface area (TPSA) is 80.9 Å². The number of hydrogen-bond donors (Lipinski definition) is 2. The molecule has 5 heteroatoms. The number of hydrogen-bond acceptors (Lipinski definition) is 4. The minimum atomic E-state index is -0.557. The van der Waals surface area contributed by atoms with Gasteiger partial charge < -0.3 is 11.1 Å². The fraction of sp³-hybridized carbons (Fsp3) is 0.545. The van der Waals surface area contributed by atoms with Crippen molar-refractivity contribution in [2.45, 2.75) is 26.7 Å². The minimum Gasteiger partial charge on any atom is -0.369 e. The third kappa shape index (κ3) is 4.25. The maximum atomic E-state index is 10.9. The second-order valence-electron chi connectivity index (χ2n) is 4.12. The van der Waals surface area contributed by atoms with Crippen LogP contribution in [0.15, 0.2) is 12.4 Å². The van der Waals surface area contributed by atoms with Gasteiger partial charge in [0.1, 0.15) is 11.5 Å². The molecule has 88 valence electrons. The number of amides is 1. The molecule has 0 aliphatic carbocycles. The standard InChI is InChI=1S/C11H18N4O/c1-8(2)4-3-5-14-10-7-13-6-9(15-10)11(12)16/h6-8H,3-5H2,1-2H3,(H2,12,16)(H,14,15). The molecule has 0 saturated carbocycles. The number of nitrogens with two attached hydrogens (primary N) is 1. The smallest absolute Gasteiger partial charge is 0.268 e. The Hall–Kier alpha value is -1.65. The van der Waals surface area contributed by atoms with Crippen molar-refractivity contribution in [2.24, 2.45) is 11.7 Å². The molecule has 1 heterocycles. The average molecular weight is 222 g/mol. The van der Waals surface area contributed by atoms with Gasteiger partial charge in [-0.25, -0.2) is 4.98 Å². The first kappa shape index (κ1) is 12.4. The van der Waals surface area contributed by atoms with E-state index in [1.165, 1.54) is 6.20 Å². The molecule has 3 N–H and O–H groups in total. The third-order valence-electron chi connectivity index (χ3n) is 2.15. The van der Waals surface area contributed by atoms with Gasteiger partial charge in [0.2, 0.25) is 0 Å². The zero-order chi connectivity index (χ0) is 12.0.